The third kappa shape index (κ3) is 5.61. The zero-order chi connectivity index (χ0) is 17.6. The number of carbonyl (C=O) groups excluding carboxylic acids is 1. The Hall–Kier alpha value is -1.27. The van der Waals surface area contributed by atoms with E-state index in [4.69, 9.17) is 4.74 Å². The quantitative estimate of drug-likeness (QED) is 0.669. The first-order chi connectivity index (χ1) is 12.2. The van der Waals surface area contributed by atoms with Crippen LogP contribution in [0.25, 0.3) is 0 Å². The molecule has 1 aliphatic rings. The lowest BCUT2D eigenvalue weighted by molar-refractivity contribution is -0.113. The van der Waals surface area contributed by atoms with Gasteiger partial charge in [-0.2, -0.15) is 0 Å². The average Bonchev–Trinajstić information content (AvgIpc) is 3.21. The number of hydrogen-bond donors (Lipinski definition) is 1. The lowest BCUT2D eigenvalue weighted by atomic mass is 10.4. The van der Waals surface area contributed by atoms with Crippen LogP contribution in [0.3, 0.4) is 0 Å². The summed E-state index contributed by atoms with van der Waals surface area (Å²) < 4.78 is 7.29. The fraction of sp³-hybridized carbons (Fsp3) is 0.643. The van der Waals surface area contributed by atoms with Gasteiger partial charge in [-0.05, 0) is 6.42 Å². The first-order valence-electron chi connectivity index (χ1n) is 8.09. The normalized spacial score (nSPS) is 14.8. The molecule has 1 saturated heterocycles. The fourth-order valence-corrected chi connectivity index (χ4v) is 3.73. The SMILES string of the molecule is CCc1nnc(NC(=O)CSc2nnc(CN3CCOCC3)n2C)s1.Cl. The van der Waals surface area contributed by atoms with E-state index < -0.39 is 0 Å². The molecule has 0 aliphatic carbocycles. The van der Waals surface area contributed by atoms with Crippen molar-refractivity contribution in [2.45, 2.75) is 25.0 Å². The average molecular weight is 420 g/mol. The number of aryl methyl sites for hydroxylation is 1. The molecule has 1 fully saturated rings. The largest absolute Gasteiger partial charge is 0.379 e. The molecule has 0 radical (unpaired) electrons. The molecule has 9 nitrogen and oxygen atoms in total. The standard InChI is InChI=1S/C14H21N7O2S2.ClH/c1-3-12-17-18-13(25-12)15-11(22)9-24-14-19-16-10(20(14)2)8-21-4-6-23-7-5-21;/h3-9H2,1-2H3,(H,15,18,22);1H. The molecule has 0 unspecified atom stereocenters. The van der Waals surface area contributed by atoms with Crippen molar-refractivity contribution in [3.05, 3.63) is 10.8 Å². The number of rotatable bonds is 7. The Morgan fingerprint density at radius 3 is 2.73 bits per heavy atom. The van der Waals surface area contributed by atoms with Gasteiger partial charge in [-0.15, -0.1) is 32.8 Å². The number of nitrogens with zero attached hydrogens (tertiary/aromatic N) is 6. The number of thioether (sulfide) groups is 1. The van der Waals surface area contributed by atoms with Gasteiger partial charge in [-0.1, -0.05) is 30.0 Å². The summed E-state index contributed by atoms with van der Waals surface area (Å²) in [6.45, 7) is 6.06. The van der Waals surface area contributed by atoms with E-state index >= 15 is 0 Å². The van der Waals surface area contributed by atoms with Crippen molar-refractivity contribution in [3.63, 3.8) is 0 Å². The lowest BCUT2D eigenvalue weighted by Gasteiger charge is -2.25. The van der Waals surface area contributed by atoms with Crippen molar-refractivity contribution >= 4 is 46.5 Å². The van der Waals surface area contributed by atoms with Crippen LogP contribution in [0.2, 0.25) is 0 Å². The second kappa shape index (κ2) is 10.2. The number of halogens is 1. The van der Waals surface area contributed by atoms with Crippen LogP contribution in [-0.4, -0.2) is 67.8 Å². The number of hydrogen-bond acceptors (Lipinski definition) is 9. The molecule has 144 valence electrons. The number of carbonyl (C=O) groups is 1. The molecular formula is C14H22ClN7O2S2. The predicted molar refractivity (Wildman–Crippen MR) is 103 cm³/mol. The smallest absolute Gasteiger partial charge is 0.236 e. The topological polar surface area (TPSA) is 98.1 Å². The van der Waals surface area contributed by atoms with Crippen LogP contribution in [0.15, 0.2) is 5.16 Å². The fourth-order valence-electron chi connectivity index (χ4n) is 2.30. The molecule has 2 aromatic rings. The van der Waals surface area contributed by atoms with Crippen molar-refractivity contribution < 1.29 is 9.53 Å². The van der Waals surface area contributed by atoms with Crippen molar-refractivity contribution in [1.82, 2.24) is 29.9 Å². The van der Waals surface area contributed by atoms with Crippen molar-refractivity contribution in [1.29, 1.82) is 0 Å². The van der Waals surface area contributed by atoms with Gasteiger partial charge in [-0.25, -0.2) is 0 Å². The highest BCUT2D eigenvalue weighted by atomic mass is 35.5. The van der Waals surface area contributed by atoms with Gasteiger partial charge in [0, 0.05) is 20.1 Å². The molecule has 2 aromatic heterocycles. The Morgan fingerprint density at radius 1 is 1.27 bits per heavy atom. The summed E-state index contributed by atoms with van der Waals surface area (Å²) in [6.07, 6.45) is 0.813. The lowest BCUT2D eigenvalue weighted by Crippen LogP contribution is -2.36. The maximum atomic E-state index is 12.0. The van der Waals surface area contributed by atoms with Gasteiger partial charge < -0.3 is 9.30 Å². The highest BCUT2D eigenvalue weighted by Crippen LogP contribution is 2.19. The van der Waals surface area contributed by atoms with E-state index in [1.807, 2.05) is 18.5 Å². The first kappa shape index (κ1) is 21.0. The van der Waals surface area contributed by atoms with Gasteiger partial charge >= 0.3 is 0 Å². The molecule has 0 aromatic carbocycles. The summed E-state index contributed by atoms with van der Waals surface area (Å²) in [5.74, 6) is 1.02. The Kier molecular flexibility index (Phi) is 8.22. The van der Waals surface area contributed by atoms with Gasteiger partial charge in [0.05, 0.1) is 25.5 Å². The molecule has 0 bridgehead atoms. The summed E-state index contributed by atoms with van der Waals surface area (Å²) >= 11 is 2.76. The van der Waals surface area contributed by atoms with Crippen LogP contribution in [0.1, 0.15) is 17.8 Å². The number of ether oxygens (including phenoxy) is 1. The summed E-state index contributed by atoms with van der Waals surface area (Å²) in [6, 6.07) is 0. The molecular weight excluding hydrogens is 398 g/mol. The molecule has 1 N–H and O–H groups in total. The van der Waals surface area contributed by atoms with Crippen LogP contribution in [0.4, 0.5) is 5.13 Å². The van der Waals surface area contributed by atoms with Crippen LogP contribution in [0.5, 0.6) is 0 Å². The number of amides is 1. The van der Waals surface area contributed by atoms with E-state index in [-0.39, 0.29) is 24.1 Å². The Morgan fingerprint density at radius 2 is 2.04 bits per heavy atom. The number of anilines is 1. The van der Waals surface area contributed by atoms with Gasteiger partial charge in [0.2, 0.25) is 11.0 Å². The zero-order valence-corrected chi connectivity index (χ0v) is 17.1. The zero-order valence-electron chi connectivity index (χ0n) is 14.7. The minimum Gasteiger partial charge on any atom is -0.379 e. The third-order valence-corrected chi connectivity index (χ3v) is 5.75. The maximum Gasteiger partial charge on any atom is 0.236 e. The van der Waals surface area contributed by atoms with Crippen LogP contribution in [0, 0.1) is 0 Å². The van der Waals surface area contributed by atoms with Crippen LogP contribution < -0.4 is 5.32 Å². The van der Waals surface area contributed by atoms with Crippen molar-refractivity contribution in [2.24, 2.45) is 7.05 Å². The number of aromatic nitrogens is 5. The van der Waals surface area contributed by atoms with E-state index in [2.05, 4.69) is 30.6 Å². The molecule has 26 heavy (non-hydrogen) atoms. The summed E-state index contributed by atoms with van der Waals surface area (Å²) in [5, 5.41) is 21.3. The second-order valence-corrected chi connectivity index (χ2v) is 7.54. The Balaban J connectivity index is 0.00000243. The number of morpholine rings is 1. The molecule has 1 aliphatic heterocycles. The highest BCUT2D eigenvalue weighted by molar-refractivity contribution is 7.99. The van der Waals surface area contributed by atoms with Gasteiger partial charge in [0.25, 0.3) is 0 Å². The maximum absolute atomic E-state index is 12.0. The first-order valence-corrected chi connectivity index (χ1v) is 9.89. The molecule has 3 heterocycles. The van der Waals surface area contributed by atoms with Crippen LogP contribution >= 0.6 is 35.5 Å². The molecule has 0 saturated carbocycles. The molecule has 3 rings (SSSR count). The summed E-state index contributed by atoms with van der Waals surface area (Å²) in [4.78, 5) is 14.3. The van der Waals surface area contributed by atoms with Gasteiger partial charge in [-0.3, -0.25) is 15.0 Å². The van der Waals surface area contributed by atoms with Crippen molar-refractivity contribution in [3.8, 4) is 0 Å². The molecule has 12 heteroatoms. The van der Waals surface area contributed by atoms with Crippen LogP contribution in [-0.2, 0) is 29.5 Å². The second-order valence-electron chi connectivity index (χ2n) is 5.54. The molecule has 1 amide bonds. The Labute approximate surface area is 166 Å². The van der Waals surface area contributed by atoms with Crippen molar-refractivity contribution in [2.75, 3.05) is 37.4 Å². The van der Waals surface area contributed by atoms with E-state index in [0.717, 1.165) is 55.3 Å². The molecule has 0 atom stereocenters. The summed E-state index contributed by atoms with van der Waals surface area (Å²) in [7, 11) is 1.92. The minimum atomic E-state index is -0.124. The minimum absolute atomic E-state index is 0. The van der Waals surface area contributed by atoms with E-state index in [1.54, 1.807) is 0 Å². The molecule has 0 spiro atoms. The monoisotopic (exact) mass is 419 g/mol. The Bertz CT molecular complexity index is 718. The van der Waals surface area contributed by atoms with E-state index in [0.29, 0.717) is 5.13 Å². The third-order valence-electron chi connectivity index (χ3n) is 3.74. The van der Waals surface area contributed by atoms with E-state index in [1.165, 1.54) is 23.1 Å². The number of nitrogens with one attached hydrogen (secondary N) is 1. The van der Waals surface area contributed by atoms with E-state index in [9.17, 15) is 4.79 Å². The van der Waals surface area contributed by atoms with Gasteiger partial charge in [0.15, 0.2) is 5.16 Å². The summed E-state index contributed by atoms with van der Waals surface area (Å²) in [5.41, 5.74) is 0. The predicted octanol–water partition coefficient (Wildman–Crippen LogP) is 1.21. The highest BCUT2D eigenvalue weighted by Gasteiger charge is 2.17. The van der Waals surface area contributed by atoms with Gasteiger partial charge in [0.1, 0.15) is 10.8 Å².